The van der Waals surface area contributed by atoms with Gasteiger partial charge in [0.15, 0.2) is 23.0 Å². The molecule has 1 aliphatic heterocycles. The SMILES string of the molecule is COc1c2c(c(OC)c3c1C(=O)c1ccccc1C3=O)CC1(C(C)=O)OC1C2. The van der Waals surface area contributed by atoms with Gasteiger partial charge in [-0.25, -0.2) is 0 Å². The Bertz CT molecular complexity index is 1100. The van der Waals surface area contributed by atoms with Crippen LogP contribution in [0.5, 0.6) is 11.5 Å². The largest absolute Gasteiger partial charge is 0.496 e. The van der Waals surface area contributed by atoms with Gasteiger partial charge in [-0.2, -0.15) is 0 Å². The molecule has 0 spiro atoms. The van der Waals surface area contributed by atoms with Gasteiger partial charge < -0.3 is 14.2 Å². The van der Waals surface area contributed by atoms with Crippen LogP contribution in [0.4, 0.5) is 0 Å². The highest BCUT2D eigenvalue weighted by Crippen LogP contribution is 2.54. The summed E-state index contributed by atoms with van der Waals surface area (Å²) in [5.41, 5.74) is 1.77. The first-order chi connectivity index (χ1) is 13.4. The Morgan fingerprint density at radius 3 is 2.04 bits per heavy atom. The van der Waals surface area contributed by atoms with Crippen LogP contribution in [0.3, 0.4) is 0 Å². The molecule has 2 atom stereocenters. The van der Waals surface area contributed by atoms with Crippen molar-refractivity contribution in [3.8, 4) is 11.5 Å². The van der Waals surface area contributed by atoms with E-state index in [4.69, 9.17) is 14.2 Å². The number of epoxide rings is 1. The molecule has 2 unspecified atom stereocenters. The summed E-state index contributed by atoms with van der Waals surface area (Å²) in [6.07, 6.45) is 0.499. The number of methoxy groups -OCH3 is 2. The molecule has 0 saturated carbocycles. The van der Waals surface area contributed by atoms with E-state index in [2.05, 4.69) is 0 Å². The van der Waals surface area contributed by atoms with Crippen LogP contribution in [0, 0.1) is 0 Å². The highest BCUT2D eigenvalue weighted by Gasteiger charge is 2.63. The molecule has 0 amide bonds. The van der Waals surface area contributed by atoms with Crippen LogP contribution >= 0.6 is 0 Å². The van der Waals surface area contributed by atoms with Gasteiger partial charge in [0, 0.05) is 35.1 Å². The average molecular weight is 378 g/mol. The molecule has 6 nitrogen and oxygen atoms in total. The van der Waals surface area contributed by atoms with E-state index in [9.17, 15) is 14.4 Å². The highest BCUT2D eigenvalue weighted by atomic mass is 16.6. The third kappa shape index (κ3) is 1.93. The van der Waals surface area contributed by atoms with E-state index in [0.29, 0.717) is 41.0 Å². The molecule has 2 aromatic rings. The molecule has 1 saturated heterocycles. The standard InChI is InChI=1S/C22H18O6/c1-10(23)22-9-14-13(8-15(22)28-22)20(26-2)16-17(21(14)27-3)19(25)12-7-5-4-6-11(12)18(16)24/h4-7,15H,8-9H2,1-3H3. The summed E-state index contributed by atoms with van der Waals surface area (Å²) in [5.74, 6) is 0.135. The summed E-state index contributed by atoms with van der Waals surface area (Å²) in [7, 11) is 2.96. The number of ketones is 3. The molecule has 142 valence electrons. The zero-order chi connectivity index (χ0) is 19.8. The molecule has 0 N–H and O–H groups in total. The van der Waals surface area contributed by atoms with Gasteiger partial charge in [0.2, 0.25) is 0 Å². The zero-order valence-corrected chi connectivity index (χ0v) is 15.8. The van der Waals surface area contributed by atoms with E-state index in [1.165, 1.54) is 21.1 Å². The van der Waals surface area contributed by atoms with Gasteiger partial charge >= 0.3 is 0 Å². The fourth-order valence-corrected chi connectivity index (χ4v) is 4.70. The predicted octanol–water partition coefficient (Wildman–Crippen LogP) is 2.30. The Hall–Kier alpha value is -2.99. The second-order valence-electron chi connectivity index (χ2n) is 7.41. The number of Topliss-reactive ketones (excluding diaryl/α,β-unsaturated/α-hetero) is 1. The van der Waals surface area contributed by atoms with Gasteiger partial charge in [0.05, 0.1) is 31.5 Å². The third-order valence-electron chi connectivity index (χ3n) is 6.14. The Labute approximate surface area is 161 Å². The fraction of sp³-hybridized carbons (Fsp3) is 0.318. The number of hydrogen-bond acceptors (Lipinski definition) is 6. The van der Waals surface area contributed by atoms with Gasteiger partial charge in [-0.15, -0.1) is 0 Å². The number of fused-ring (bicyclic) bond motifs is 4. The zero-order valence-electron chi connectivity index (χ0n) is 15.8. The quantitative estimate of drug-likeness (QED) is 0.651. The van der Waals surface area contributed by atoms with Crippen molar-refractivity contribution in [2.75, 3.05) is 14.2 Å². The smallest absolute Gasteiger partial charge is 0.198 e. The van der Waals surface area contributed by atoms with Gasteiger partial charge in [-0.05, 0) is 6.92 Å². The minimum atomic E-state index is -0.862. The first kappa shape index (κ1) is 17.1. The molecule has 28 heavy (non-hydrogen) atoms. The number of benzene rings is 2. The van der Waals surface area contributed by atoms with Crippen LogP contribution in [0.15, 0.2) is 24.3 Å². The summed E-state index contributed by atoms with van der Waals surface area (Å²) < 4.78 is 17.0. The van der Waals surface area contributed by atoms with Crippen LogP contribution in [-0.2, 0) is 22.4 Å². The highest BCUT2D eigenvalue weighted by molar-refractivity contribution is 6.30. The van der Waals surface area contributed by atoms with Crippen molar-refractivity contribution in [1.29, 1.82) is 0 Å². The maximum atomic E-state index is 13.3. The van der Waals surface area contributed by atoms with E-state index in [1.807, 2.05) is 0 Å². The first-order valence-corrected chi connectivity index (χ1v) is 9.11. The van der Waals surface area contributed by atoms with Crippen molar-refractivity contribution in [2.45, 2.75) is 31.5 Å². The van der Waals surface area contributed by atoms with Crippen molar-refractivity contribution in [2.24, 2.45) is 0 Å². The van der Waals surface area contributed by atoms with Gasteiger partial charge in [-0.3, -0.25) is 14.4 Å². The predicted molar refractivity (Wildman–Crippen MR) is 98.5 cm³/mol. The van der Waals surface area contributed by atoms with Gasteiger partial charge in [-0.1, -0.05) is 24.3 Å². The summed E-state index contributed by atoms with van der Waals surface area (Å²) in [6, 6.07) is 6.75. The molecule has 1 fully saturated rings. The molecule has 0 bridgehead atoms. The molecular weight excluding hydrogens is 360 g/mol. The third-order valence-corrected chi connectivity index (χ3v) is 6.14. The normalized spacial score (nSPS) is 23.9. The Balaban J connectivity index is 1.82. The number of carbonyl (C=O) groups excluding carboxylic acids is 3. The van der Waals surface area contributed by atoms with Gasteiger partial charge in [0.25, 0.3) is 0 Å². The Morgan fingerprint density at radius 2 is 1.54 bits per heavy atom. The van der Waals surface area contributed by atoms with Crippen molar-refractivity contribution in [1.82, 2.24) is 0 Å². The van der Waals surface area contributed by atoms with Crippen molar-refractivity contribution in [3.63, 3.8) is 0 Å². The van der Waals surface area contributed by atoms with E-state index in [0.717, 1.165) is 5.56 Å². The number of ether oxygens (including phenoxy) is 3. The maximum Gasteiger partial charge on any atom is 0.198 e. The molecule has 3 aliphatic rings. The summed E-state index contributed by atoms with van der Waals surface area (Å²) >= 11 is 0. The van der Waals surface area contributed by atoms with E-state index in [1.54, 1.807) is 24.3 Å². The number of hydrogen-bond donors (Lipinski definition) is 0. The second kappa shape index (κ2) is 5.52. The Morgan fingerprint density at radius 1 is 1.00 bits per heavy atom. The molecule has 5 rings (SSSR count). The number of carbonyl (C=O) groups is 3. The minimum absolute atomic E-state index is 0.0466. The van der Waals surface area contributed by atoms with Crippen molar-refractivity contribution in [3.05, 3.63) is 57.6 Å². The molecule has 2 aromatic carbocycles. The lowest BCUT2D eigenvalue weighted by Crippen LogP contribution is -2.34. The number of rotatable bonds is 3. The summed E-state index contributed by atoms with van der Waals surface area (Å²) in [4.78, 5) is 38.8. The topological polar surface area (TPSA) is 82.2 Å². The molecule has 0 radical (unpaired) electrons. The van der Waals surface area contributed by atoms with Crippen molar-refractivity contribution < 1.29 is 28.6 Å². The summed E-state index contributed by atoms with van der Waals surface area (Å²) in [6.45, 7) is 1.51. The molecular formula is C22H18O6. The molecule has 1 heterocycles. The second-order valence-corrected chi connectivity index (χ2v) is 7.41. The Kier molecular flexibility index (Phi) is 3.37. The maximum absolute atomic E-state index is 13.3. The van der Waals surface area contributed by atoms with Crippen LogP contribution in [0.2, 0.25) is 0 Å². The lowest BCUT2D eigenvalue weighted by Gasteiger charge is -2.29. The van der Waals surface area contributed by atoms with E-state index >= 15 is 0 Å². The molecule has 2 aliphatic carbocycles. The van der Waals surface area contributed by atoms with Gasteiger partial charge in [0.1, 0.15) is 11.5 Å². The lowest BCUT2D eigenvalue weighted by atomic mass is 9.75. The van der Waals surface area contributed by atoms with Crippen LogP contribution in [-0.4, -0.2) is 43.3 Å². The minimum Gasteiger partial charge on any atom is -0.496 e. The fourth-order valence-electron chi connectivity index (χ4n) is 4.70. The van der Waals surface area contributed by atoms with Crippen LogP contribution in [0.25, 0.3) is 0 Å². The van der Waals surface area contributed by atoms with Crippen LogP contribution < -0.4 is 9.47 Å². The van der Waals surface area contributed by atoms with Crippen molar-refractivity contribution >= 4 is 17.3 Å². The summed E-state index contributed by atoms with van der Waals surface area (Å²) in [5, 5.41) is 0. The lowest BCUT2D eigenvalue weighted by molar-refractivity contribution is -0.122. The molecule has 0 aromatic heterocycles. The average Bonchev–Trinajstić information content (AvgIpc) is 3.43. The van der Waals surface area contributed by atoms with E-state index < -0.39 is 5.60 Å². The molecule has 6 heteroatoms. The van der Waals surface area contributed by atoms with Crippen LogP contribution in [0.1, 0.15) is 49.9 Å². The van der Waals surface area contributed by atoms with E-state index in [-0.39, 0.29) is 34.6 Å². The monoisotopic (exact) mass is 378 g/mol. The first-order valence-electron chi connectivity index (χ1n) is 9.11.